The van der Waals surface area contributed by atoms with Crippen molar-refractivity contribution in [3.63, 3.8) is 0 Å². The van der Waals surface area contributed by atoms with Crippen molar-refractivity contribution < 1.29 is 17.3 Å². The third kappa shape index (κ3) is 3.89. The molecule has 1 aliphatic heterocycles. The molecule has 1 saturated heterocycles. The second kappa shape index (κ2) is 8.09. The standard InChI is InChI=1S/C21H23N5O4S/c1-15-19(31(27,28)24(2)3)13-18(29-15)20-23-17(14-22)21(30-20)26-11-9-25(10-12-26)16-7-5-4-6-8-16/h4-8,13H,9-12H2,1-3H3. The van der Waals surface area contributed by atoms with Crippen LogP contribution in [0.15, 0.2) is 50.1 Å². The smallest absolute Gasteiger partial charge is 0.266 e. The molecule has 0 radical (unpaired) electrons. The van der Waals surface area contributed by atoms with E-state index in [0.717, 1.165) is 23.1 Å². The molecule has 0 bridgehead atoms. The van der Waals surface area contributed by atoms with Gasteiger partial charge in [0.15, 0.2) is 5.76 Å². The van der Waals surface area contributed by atoms with Crippen LogP contribution in [0, 0.1) is 18.3 Å². The maximum Gasteiger partial charge on any atom is 0.266 e. The summed E-state index contributed by atoms with van der Waals surface area (Å²) in [5.74, 6) is 0.860. The van der Waals surface area contributed by atoms with Gasteiger partial charge in [0.1, 0.15) is 16.7 Å². The predicted octanol–water partition coefficient (Wildman–Crippen LogP) is 2.69. The van der Waals surface area contributed by atoms with Gasteiger partial charge in [0.25, 0.3) is 5.89 Å². The van der Waals surface area contributed by atoms with Gasteiger partial charge in [-0.3, -0.25) is 0 Å². The Morgan fingerprint density at radius 2 is 1.71 bits per heavy atom. The van der Waals surface area contributed by atoms with E-state index in [1.54, 1.807) is 6.92 Å². The SMILES string of the molecule is Cc1oc(-c2nc(C#N)c(N3CCN(c4ccccc4)CC3)o2)cc1S(=O)(=O)N(C)C. The lowest BCUT2D eigenvalue weighted by molar-refractivity contribution is 0.483. The molecule has 2 aromatic heterocycles. The Morgan fingerprint density at radius 3 is 2.32 bits per heavy atom. The van der Waals surface area contributed by atoms with E-state index in [0.29, 0.717) is 19.0 Å². The van der Waals surface area contributed by atoms with Gasteiger partial charge in [0.05, 0.1) is 0 Å². The van der Waals surface area contributed by atoms with Gasteiger partial charge in [-0.1, -0.05) is 18.2 Å². The largest absolute Gasteiger partial charge is 0.455 e. The van der Waals surface area contributed by atoms with Crippen LogP contribution < -0.4 is 9.80 Å². The van der Waals surface area contributed by atoms with Crippen molar-refractivity contribution in [3.8, 4) is 17.7 Å². The van der Waals surface area contributed by atoms with Gasteiger partial charge in [0.2, 0.25) is 21.6 Å². The summed E-state index contributed by atoms with van der Waals surface area (Å²) in [4.78, 5) is 8.54. The minimum Gasteiger partial charge on any atom is -0.455 e. The van der Waals surface area contributed by atoms with Crippen molar-refractivity contribution in [2.75, 3.05) is 50.1 Å². The molecule has 0 unspecified atom stereocenters. The number of hydrogen-bond donors (Lipinski definition) is 0. The fourth-order valence-corrected chi connectivity index (χ4v) is 4.59. The molecule has 9 nitrogen and oxygen atoms in total. The lowest BCUT2D eigenvalue weighted by atomic mass is 10.2. The minimum atomic E-state index is -3.67. The number of nitriles is 1. The van der Waals surface area contributed by atoms with Crippen LogP contribution in [0.2, 0.25) is 0 Å². The number of aryl methyl sites for hydroxylation is 1. The Kier molecular flexibility index (Phi) is 5.47. The van der Waals surface area contributed by atoms with E-state index in [-0.39, 0.29) is 28.0 Å². The number of nitrogens with zero attached hydrogens (tertiary/aromatic N) is 5. The summed E-state index contributed by atoms with van der Waals surface area (Å²) < 4.78 is 37.6. The van der Waals surface area contributed by atoms with Crippen LogP contribution >= 0.6 is 0 Å². The maximum atomic E-state index is 12.5. The molecule has 0 N–H and O–H groups in total. The van der Waals surface area contributed by atoms with Crippen LogP contribution in [-0.2, 0) is 10.0 Å². The first-order chi connectivity index (χ1) is 14.8. The molecule has 1 aliphatic rings. The number of sulfonamides is 1. The van der Waals surface area contributed by atoms with Gasteiger partial charge < -0.3 is 18.6 Å². The van der Waals surface area contributed by atoms with Gasteiger partial charge in [-0.15, -0.1) is 0 Å². The summed E-state index contributed by atoms with van der Waals surface area (Å²) in [5, 5.41) is 9.56. The molecule has 1 fully saturated rings. The van der Waals surface area contributed by atoms with E-state index < -0.39 is 10.0 Å². The molecule has 3 heterocycles. The van der Waals surface area contributed by atoms with Gasteiger partial charge in [0, 0.05) is 52.0 Å². The monoisotopic (exact) mass is 441 g/mol. The second-order valence-corrected chi connectivity index (χ2v) is 9.53. The topological polar surface area (TPSA) is 107 Å². The van der Waals surface area contributed by atoms with Crippen molar-refractivity contribution >= 4 is 21.6 Å². The van der Waals surface area contributed by atoms with Gasteiger partial charge in [-0.05, 0) is 19.1 Å². The summed E-state index contributed by atoms with van der Waals surface area (Å²) in [6.07, 6.45) is 0. The van der Waals surface area contributed by atoms with E-state index in [1.807, 2.05) is 23.1 Å². The van der Waals surface area contributed by atoms with E-state index in [4.69, 9.17) is 8.83 Å². The zero-order valence-corrected chi connectivity index (χ0v) is 18.4. The number of rotatable bonds is 5. The number of para-hydroxylation sites is 1. The highest BCUT2D eigenvalue weighted by Crippen LogP contribution is 2.33. The van der Waals surface area contributed by atoms with Gasteiger partial charge >= 0.3 is 0 Å². The van der Waals surface area contributed by atoms with Crippen molar-refractivity contribution in [2.45, 2.75) is 11.8 Å². The molecule has 0 saturated carbocycles. The van der Waals surface area contributed by atoms with Crippen molar-refractivity contribution in [1.29, 1.82) is 5.26 Å². The van der Waals surface area contributed by atoms with Crippen molar-refractivity contribution in [3.05, 3.63) is 47.9 Å². The van der Waals surface area contributed by atoms with Crippen LogP contribution in [0.3, 0.4) is 0 Å². The Morgan fingerprint density at radius 1 is 1.06 bits per heavy atom. The number of benzene rings is 1. The third-order valence-corrected chi connectivity index (χ3v) is 7.17. The van der Waals surface area contributed by atoms with Gasteiger partial charge in [-0.25, -0.2) is 12.7 Å². The average Bonchev–Trinajstić information content (AvgIpc) is 3.38. The van der Waals surface area contributed by atoms with Crippen LogP contribution in [0.5, 0.6) is 0 Å². The van der Waals surface area contributed by atoms with E-state index in [2.05, 4.69) is 28.1 Å². The van der Waals surface area contributed by atoms with Crippen LogP contribution in [0.4, 0.5) is 11.6 Å². The molecule has 0 atom stereocenters. The molecule has 1 aromatic carbocycles. The molecule has 10 heteroatoms. The van der Waals surface area contributed by atoms with E-state index >= 15 is 0 Å². The fourth-order valence-electron chi connectivity index (χ4n) is 3.53. The first kappa shape index (κ1) is 21.0. The lowest BCUT2D eigenvalue weighted by Gasteiger charge is -2.35. The number of oxazole rings is 1. The molecule has 4 rings (SSSR count). The highest BCUT2D eigenvalue weighted by molar-refractivity contribution is 7.89. The number of aromatic nitrogens is 1. The first-order valence-electron chi connectivity index (χ1n) is 9.80. The minimum absolute atomic E-state index is 0.0437. The van der Waals surface area contributed by atoms with E-state index in [1.165, 1.54) is 20.2 Å². The summed E-state index contributed by atoms with van der Waals surface area (Å²) in [6, 6.07) is 13.6. The predicted molar refractivity (Wildman–Crippen MR) is 115 cm³/mol. The molecule has 3 aromatic rings. The first-order valence-corrected chi connectivity index (χ1v) is 11.2. The molecule has 31 heavy (non-hydrogen) atoms. The molecule has 0 aliphatic carbocycles. The lowest BCUT2D eigenvalue weighted by Crippen LogP contribution is -2.46. The highest BCUT2D eigenvalue weighted by Gasteiger charge is 2.29. The Balaban J connectivity index is 1.58. The zero-order valence-electron chi connectivity index (χ0n) is 17.6. The average molecular weight is 442 g/mol. The Labute approximate surface area is 181 Å². The summed E-state index contributed by atoms with van der Waals surface area (Å²) in [6.45, 7) is 4.44. The van der Waals surface area contributed by atoms with Crippen molar-refractivity contribution in [1.82, 2.24) is 9.29 Å². The van der Waals surface area contributed by atoms with Crippen LogP contribution in [-0.4, -0.2) is 58.0 Å². The molecular formula is C21H23N5O4S. The fraction of sp³-hybridized carbons (Fsp3) is 0.333. The van der Waals surface area contributed by atoms with Crippen LogP contribution in [0.1, 0.15) is 11.5 Å². The Hall–Kier alpha value is -3.29. The molecule has 162 valence electrons. The van der Waals surface area contributed by atoms with Gasteiger partial charge in [-0.2, -0.15) is 10.2 Å². The quantitative estimate of drug-likeness (QED) is 0.595. The maximum absolute atomic E-state index is 12.5. The summed E-state index contributed by atoms with van der Waals surface area (Å²) in [7, 11) is -0.764. The summed E-state index contributed by atoms with van der Waals surface area (Å²) >= 11 is 0. The normalized spacial score (nSPS) is 14.8. The third-order valence-electron chi connectivity index (χ3n) is 5.25. The second-order valence-electron chi connectivity index (χ2n) is 7.41. The van der Waals surface area contributed by atoms with Crippen molar-refractivity contribution in [2.24, 2.45) is 0 Å². The van der Waals surface area contributed by atoms with E-state index in [9.17, 15) is 13.7 Å². The zero-order chi connectivity index (χ0) is 22.2. The Bertz CT molecular complexity index is 1220. The molecule has 0 spiro atoms. The van der Waals surface area contributed by atoms with Crippen LogP contribution in [0.25, 0.3) is 11.7 Å². The number of anilines is 2. The number of hydrogen-bond acceptors (Lipinski definition) is 8. The molecule has 0 amide bonds. The molecular weight excluding hydrogens is 418 g/mol. The number of furan rings is 1. The summed E-state index contributed by atoms with van der Waals surface area (Å²) in [5.41, 5.74) is 1.30. The number of piperazine rings is 1. The highest BCUT2D eigenvalue weighted by atomic mass is 32.2.